The molecule has 28 heavy (non-hydrogen) atoms. The van der Waals surface area contributed by atoms with E-state index >= 15 is 0 Å². The number of rotatable bonds is 3. The standard InChI is InChI=1S/C24H31N3O/c1-24-17-21(16-19-10-5-3-6-11-19)27(23(28)20-12-9-14-25-18-20)22(24)13-7-4-8-15-26(24)2/h3,5-6,9-12,14,18,21-22H,4,7-8,13,15-17H2,1-2H3/t21-,22+,24+/m1/s1. The Morgan fingerprint density at radius 1 is 1.14 bits per heavy atom. The van der Waals surface area contributed by atoms with Crippen LogP contribution in [0.1, 0.15) is 54.9 Å². The highest BCUT2D eigenvalue weighted by molar-refractivity contribution is 5.94. The van der Waals surface area contributed by atoms with Gasteiger partial charge in [0, 0.05) is 24.0 Å². The summed E-state index contributed by atoms with van der Waals surface area (Å²) in [5.74, 6) is 0.136. The van der Waals surface area contributed by atoms with Crippen LogP contribution in [0.25, 0.3) is 0 Å². The third-order valence-corrected chi connectivity index (χ3v) is 6.90. The average molecular weight is 378 g/mol. The Morgan fingerprint density at radius 3 is 2.71 bits per heavy atom. The Bertz CT molecular complexity index is 794. The molecule has 1 aromatic carbocycles. The van der Waals surface area contributed by atoms with Gasteiger partial charge < -0.3 is 4.90 Å². The van der Waals surface area contributed by atoms with Crippen LogP contribution in [0.15, 0.2) is 54.9 Å². The predicted molar refractivity (Wildman–Crippen MR) is 112 cm³/mol. The van der Waals surface area contributed by atoms with E-state index in [0.29, 0.717) is 5.56 Å². The Kier molecular flexibility index (Phi) is 5.49. The summed E-state index contributed by atoms with van der Waals surface area (Å²) >= 11 is 0. The number of carbonyl (C=O) groups is 1. The number of pyridine rings is 1. The van der Waals surface area contributed by atoms with E-state index in [1.165, 1.54) is 24.8 Å². The maximum absolute atomic E-state index is 13.6. The van der Waals surface area contributed by atoms with Crippen molar-refractivity contribution >= 4 is 5.91 Å². The zero-order valence-electron chi connectivity index (χ0n) is 17.1. The molecule has 2 fully saturated rings. The van der Waals surface area contributed by atoms with E-state index in [2.05, 4.69) is 59.1 Å². The second kappa shape index (κ2) is 8.04. The van der Waals surface area contributed by atoms with Gasteiger partial charge in [-0.15, -0.1) is 0 Å². The molecule has 2 aromatic rings. The van der Waals surface area contributed by atoms with Crippen molar-refractivity contribution in [3.8, 4) is 0 Å². The Balaban J connectivity index is 1.71. The summed E-state index contributed by atoms with van der Waals surface area (Å²) in [5.41, 5.74) is 2.03. The summed E-state index contributed by atoms with van der Waals surface area (Å²) in [6, 6.07) is 14.8. The average Bonchev–Trinajstić information content (AvgIpc) is 2.99. The van der Waals surface area contributed by atoms with Gasteiger partial charge in [-0.2, -0.15) is 0 Å². The van der Waals surface area contributed by atoms with E-state index in [1.54, 1.807) is 12.4 Å². The predicted octanol–water partition coefficient (Wildman–Crippen LogP) is 4.17. The summed E-state index contributed by atoms with van der Waals surface area (Å²) in [4.78, 5) is 22.5. The monoisotopic (exact) mass is 377 g/mol. The first-order chi connectivity index (χ1) is 13.6. The number of hydrogen-bond donors (Lipinski definition) is 0. The highest BCUT2D eigenvalue weighted by atomic mass is 16.2. The van der Waals surface area contributed by atoms with Crippen molar-refractivity contribution in [2.45, 2.75) is 63.1 Å². The van der Waals surface area contributed by atoms with Crippen LogP contribution in [0.4, 0.5) is 0 Å². The fourth-order valence-electron chi connectivity index (χ4n) is 5.25. The first-order valence-electron chi connectivity index (χ1n) is 10.6. The van der Waals surface area contributed by atoms with Gasteiger partial charge in [0.05, 0.1) is 11.6 Å². The topological polar surface area (TPSA) is 36.4 Å². The van der Waals surface area contributed by atoms with E-state index in [9.17, 15) is 4.79 Å². The molecule has 0 spiro atoms. The quantitative estimate of drug-likeness (QED) is 0.805. The molecule has 2 saturated heterocycles. The molecule has 4 heteroatoms. The van der Waals surface area contributed by atoms with Crippen molar-refractivity contribution in [3.63, 3.8) is 0 Å². The summed E-state index contributed by atoms with van der Waals surface area (Å²) in [6.07, 6.45) is 10.1. The molecule has 2 aliphatic rings. The van der Waals surface area contributed by atoms with Gasteiger partial charge in [0.25, 0.3) is 5.91 Å². The smallest absolute Gasteiger partial charge is 0.255 e. The van der Waals surface area contributed by atoms with Crippen molar-refractivity contribution in [2.75, 3.05) is 13.6 Å². The van der Waals surface area contributed by atoms with E-state index in [4.69, 9.17) is 0 Å². The molecule has 0 saturated carbocycles. The van der Waals surface area contributed by atoms with Crippen LogP contribution in [0.5, 0.6) is 0 Å². The number of nitrogens with zero attached hydrogens (tertiary/aromatic N) is 3. The molecule has 1 aromatic heterocycles. The van der Waals surface area contributed by atoms with Gasteiger partial charge in [-0.25, -0.2) is 0 Å². The molecule has 0 radical (unpaired) electrons. The molecule has 0 unspecified atom stereocenters. The number of aromatic nitrogens is 1. The molecular formula is C24H31N3O. The van der Waals surface area contributed by atoms with Gasteiger partial charge in [-0.05, 0) is 63.9 Å². The Morgan fingerprint density at radius 2 is 1.96 bits per heavy atom. The van der Waals surface area contributed by atoms with Crippen LogP contribution >= 0.6 is 0 Å². The molecule has 0 bridgehead atoms. The summed E-state index contributed by atoms with van der Waals surface area (Å²) < 4.78 is 0. The fourth-order valence-corrected chi connectivity index (χ4v) is 5.25. The van der Waals surface area contributed by atoms with Gasteiger partial charge in [-0.1, -0.05) is 43.2 Å². The van der Waals surface area contributed by atoms with Crippen LogP contribution in [0, 0.1) is 0 Å². The molecule has 1 amide bonds. The van der Waals surface area contributed by atoms with Gasteiger partial charge in [0.15, 0.2) is 0 Å². The van der Waals surface area contributed by atoms with Gasteiger partial charge in [0.2, 0.25) is 0 Å². The number of benzene rings is 1. The highest BCUT2D eigenvalue weighted by Gasteiger charge is 2.52. The molecule has 148 valence electrons. The molecular weight excluding hydrogens is 346 g/mol. The third kappa shape index (κ3) is 3.58. The number of hydrogen-bond acceptors (Lipinski definition) is 3. The Labute approximate surface area is 168 Å². The maximum atomic E-state index is 13.6. The van der Waals surface area contributed by atoms with Gasteiger partial charge in [-0.3, -0.25) is 14.7 Å². The normalized spacial score (nSPS) is 28.4. The minimum absolute atomic E-state index is 0.0255. The summed E-state index contributed by atoms with van der Waals surface area (Å²) in [7, 11) is 2.25. The summed E-state index contributed by atoms with van der Waals surface area (Å²) in [5, 5.41) is 0. The summed E-state index contributed by atoms with van der Waals surface area (Å²) in [6.45, 7) is 3.48. The molecule has 2 aliphatic heterocycles. The number of likely N-dealkylation sites (tertiary alicyclic amines) is 2. The van der Waals surface area contributed by atoms with Crippen molar-refractivity contribution in [1.82, 2.24) is 14.8 Å². The lowest BCUT2D eigenvalue weighted by atomic mass is 9.84. The number of likely N-dealkylation sites (N-methyl/N-ethyl adjacent to an activating group) is 1. The van der Waals surface area contributed by atoms with E-state index in [0.717, 1.165) is 25.8 Å². The van der Waals surface area contributed by atoms with Crippen molar-refractivity contribution < 1.29 is 4.79 Å². The van der Waals surface area contributed by atoms with E-state index in [1.807, 2.05) is 12.1 Å². The SMILES string of the molecule is CN1CCCCC[C@@H]2N(C(=O)c3cccnc3)[C@H](Cc3ccccc3)C[C@@]21C. The van der Waals surface area contributed by atoms with Crippen LogP contribution in [-0.2, 0) is 6.42 Å². The zero-order chi connectivity index (χ0) is 19.6. The van der Waals surface area contributed by atoms with Crippen molar-refractivity contribution in [3.05, 3.63) is 66.0 Å². The third-order valence-electron chi connectivity index (χ3n) is 6.90. The molecule has 4 nitrogen and oxygen atoms in total. The lowest BCUT2D eigenvalue weighted by molar-refractivity contribution is 0.0453. The van der Waals surface area contributed by atoms with E-state index in [-0.39, 0.29) is 23.5 Å². The first kappa shape index (κ1) is 19.1. The second-order valence-corrected chi connectivity index (χ2v) is 8.65. The molecule has 3 heterocycles. The van der Waals surface area contributed by atoms with Crippen LogP contribution in [0.3, 0.4) is 0 Å². The largest absolute Gasteiger partial charge is 0.330 e. The number of carbonyl (C=O) groups excluding carboxylic acids is 1. The lowest BCUT2D eigenvalue weighted by Crippen LogP contribution is -2.55. The molecule has 0 aliphatic carbocycles. The van der Waals surface area contributed by atoms with Crippen LogP contribution < -0.4 is 0 Å². The van der Waals surface area contributed by atoms with E-state index < -0.39 is 0 Å². The minimum atomic E-state index is 0.0255. The highest BCUT2D eigenvalue weighted by Crippen LogP contribution is 2.43. The number of amides is 1. The minimum Gasteiger partial charge on any atom is -0.330 e. The molecule has 3 atom stereocenters. The fraction of sp³-hybridized carbons (Fsp3) is 0.500. The van der Waals surface area contributed by atoms with Gasteiger partial charge in [0.1, 0.15) is 0 Å². The maximum Gasteiger partial charge on any atom is 0.255 e. The molecule has 4 rings (SSSR count). The van der Waals surface area contributed by atoms with Crippen LogP contribution in [0.2, 0.25) is 0 Å². The number of fused-ring (bicyclic) bond motifs is 1. The zero-order valence-corrected chi connectivity index (χ0v) is 17.1. The molecule has 0 N–H and O–H groups in total. The van der Waals surface area contributed by atoms with Crippen LogP contribution in [-0.4, -0.2) is 51.9 Å². The first-order valence-corrected chi connectivity index (χ1v) is 10.6. The van der Waals surface area contributed by atoms with Crippen molar-refractivity contribution in [1.29, 1.82) is 0 Å². The van der Waals surface area contributed by atoms with Crippen molar-refractivity contribution in [2.24, 2.45) is 0 Å². The second-order valence-electron chi connectivity index (χ2n) is 8.65. The Hall–Kier alpha value is -2.20. The van der Waals surface area contributed by atoms with Gasteiger partial charge >= 0.3 is 0 Å². The lowest BCUT2D eigenvalue weighted by Gasteiger charge is -2.43.